The first-order chi connectivity index (χ1) is 8.20. The van der Waals surface area contributed by atoms with Crippen molar-refractivity contribution in [1.82, 2.24) is 9.78 Å². The van der Waals surface area contributed by atoms with Crippen molar-refractivity contribution < 1.29 is 0 Å². The summed E-state index contributed by atoms with van der Waals surface area (Å²) >= 11 is 3.31. The second kappa shape index (κ2) is 5.27. The van der Waals surface area contributed by atoms with Gasteiger partial charge in [0.1, 0.15) is 0 Å². The second-order valence-electron chi connectivity index (χ2n) is 3.83. The summed E-state index contributed by atoms with van der Waals surface area (Å²) in [5.41, 5.74) is 2.99. The number of hydrogen-bond donors (Lipinski definition) is 0. The van der Waals surface area contributed by atoms with E-state index in [1.165, 1.54) is 10.2 Å². The number of alkyl halides is 1. The first-order valence-electron chi connectivity index (χ1n) is 5.42. The Morgan fingerprint density at radius 3 is 2.53 bits per heavy atom. The molecule has 17 heavy (non-hydrogen) atoms. The van der Waals surface area contributed by atoms with E-state index in [1.807, 2.05) is 31.2 Å². The van der Waals surface area contributed by atoms with Crippen LogP contribution in [0, 0.1) is 6.92 Å². The van der Waals surface area contributed by atoms with Crippen LogP contribution in [0.1, 0.15) is 5.56 Å². The lowest BCUT2D eigenvalue weighted by atomic mass is 10.1. The number of benzene rings is 1. The van der Waals surface area contributed by atoms with Crippen molar-refractivity contribution in [2.45, 2.75) is 13.5 Å². The molecule has 0 atom stereocenters. The molecule has 4 heteroatoms. The Morgan fingerprint density at radius 2 is 1.88 bits per heavy atom. The van der Waals surface area contributed by atoms with E-state index in [1.54, 1.807) is 12.1 Å². The van der Waals surface area contributed by atoms with Crippen LogP contribution in [0.25, 0.3) is 11.3 Å². The molecular weight excluding hydrogens is 280 g/mol. The van der Waals surface area contributed by atoms with Gasteiger partial charge in [0.2, 0.25) is 0 Å². The Morgan fingerprint density at radius 1 is 1.18 bits per heavy atom. The zero-order valence-electron chi connectivity index (χ0n) is 9.56. The van der Waals surface area contributed by atoms with Gasteiger partial charge < -0.3 is 0 Å². The molecule has 1 aromatic heterocycles. The highest BCUT2D eigenvalue weighted by Crippen LogP contribution is 2.15. The van der Waals surface area contributed by atoms with Gasteiger partial charge in [0, 0.05) is 17.0 Å². The largest absolute Gasteiger partial charge is 0.268 e. The average Bonchev–Trinajstić information content (AvgIpc) is 2.33. The van der Waals surface area contributed by atoms with Crippen LogP contribution >= 0.6 is 15.9 Å². The number of hydrogen-bond acceptors (Lipinski definition) is 2. The molecule has 0 fully saturated rings. The number of halogens is 1. The summed E-state index contributed by atoms with van der Waals surface area (Å²) < 4.78 is 1.48. The van der Waals surface area contributed by atoms with Gasteiger partial charge in [0.15, 0.2) is 0 Å². The third-order valence-electron chi connectivity index (χ3n) is 2.51. The van der Waals surface area contributed by atoms with Gasteiger partial charge in [-0.15, -0.1) is 0 Å². The third-order valence-corrected chi connectivity index (χ3v) is 2.86. The zero-order valence-corrected chi connectivity index (χ0v) is 11.1. The van der Waals surface area contributed by atoms with Crippen molar-refractivity contribution in [3.05, 3.63) is 52.3 Å². The smallest absolute Gasteiger partial charge is 0.266 e. The molecule has 0 saturated heterocycles. The van der Waals surface area contributed by atoms with Crippen molar-refractivity contribution in [2.24, 2.45) is 0 Å². The van der Waals surface area contributed by atoms with E-state index in [0.717, 1.165) is 16.6 Å². The van der Waals surface area contributed by atoms with Crippen LogP contribution in [0.2, 0.25) is 0 Å². The lowest BCUT2D eigenvalue weighted by Gasteiger charge is -2.05. The topological polar surface area (TPSA) is 34.9 Å². The van der Waals surface area contributed by atoms with E-state index >= 15 is 0 Å². The van der Waals surface area contributed by atoms with Crippen molar-refractivity contribution >= 4 is 15.9 Å². The van der Waals surface area contributed by atoms with Gasteiger partial charge in [-0.05, 0) is 13.0 Å². The van der Waals surface area contributed by atoms with Gasteiger partial charge in [-0.25, -0.2) is 4.68 Å². The van der Waals surface area contributed by atoms with Gasteiger partial charge in [-0.2, -0.15) is 5.10 Å². The number of nitrogens with zero attached hydrogens (tertiary/aromatic N) is 2. The summed E-state index contributed by atoms with van der Waals surface area (Å²) in [5.74, 6) is 0. The average molecular weight is 293 g/mol. The van der Waals surface area contributed by atoms with E-state index < -0.39 is 0 Å². The summed E-state index contributed by atoms with van der Waals surface area (Å²) in [5, 5.41) is 5.06. The van der Waals surface area contributed by atoms with Crippen LogP contribution in [-0.2, 0) is 6.54 Å². The third kappa shape index (κ3) is 2.82. The molecule has 3 nitrogen and oxygen atoms in total. The molecule has 0 aliphatic carbocycles. The lowest BCUT2D eigenvalue weighted by Crippen LogP contribution is -2.22. The number of rotatable bonds is 3. The van der Waals surface area contributed by atoms with Crippen LogP contribution < -0.4 is 5.56 Å². The molecule has 0 N–H and O–H groups in total. The summed E-state index contributed by atoms with van der Waals surface area (Å²) in [6.45, 7) is 2.63. The van der Waals surface area contributed by atoms with Gasteiger partial charge in [0.05, 0.1) is 12.2 Å². The summed E-state index contributed by atoms with van der Waals surface area (Å²) in [6.07, 6.45) is 0. The fraction of sp³-hybridized carbons (Fsp3) is 0.231. The minimum atomic E-state index is -0.0692. The van der Waals surface area contributed by atoms with Crippen LogP contribution in [-0.4, -0.2) is 15.1 Å². The number of aryl methyl sites for hydroxylation is 2. The van der Waals surface area contributed by atoms with Crippen LogP contribution in [0.4, 0.5) is 0 Å². The molecule has 0 saturated carbocycles. The molecular formula is C13H13BrN2O. The van der Waals surface area contributed by atoms with Gasteiger partial charge in [-0.3, -0.25) is 4.79 Å². The standard InChI is InChI=1S/C13H13BrN2O/c1-10-2-4-11(5-3-10)12-6-7-13(17)16(15-12)9-8-14/h2-7H,8-9H2,1H3. The highest BCUT2D eigenvalue weighted by Gasteiger charge is 2.02. The molecule has 1 heterocycles. The molecule has 0 aliphatic rings. The van der Waals surface area contributed by atoms with E-state index in [2.05, 4.69) is 21.0 Å². The highest BCUT2D eigenvalue weighted by atomic mass is 79.9. The molecule has 0 bridgehead atoms. The minimum absolute atomic E-state index is 0.0692. The zero-order chi connectivity index (χ0) is 12.3. The molecule has 0 unspecified atom stereocenters. The van der Waals surface area contributed by atoms with E-state index in [0.29, 0.717) is 6.54 Å². The summed E-state index contributed by atoms with van der Waals surface area (Å²) in [6, 6.07) is 11.4. The van der Waals surface area contributed by atoms with Crippen molar-refractivity contribution in [3.63, 3.8) is 0 Å². The Labute approximate surface area is 108 Å². The molecule has 1 aromatic carbocycles. The monoisotopic (exact) mass is 292 g/mol. The van der Waals surface area contributed by atoms with Gasteiger partial charge >= 0.3 is 0 Å². The maximum atomic E-state index is 11.5. The van der Waals surface area contributed by atoms with Crippen LogP contribution in [0.5, 0.6) is 0 Å². The van der Waals surface area contributed by atoms with E-state index in [-0.39, 0.29) is 5.56 Å². The fourth-order valence-electron chi connectivity index (χ4n) is 1.57. The lowest BCUT2D eigenvalue weighted by molar-refractivity contribution is 0.627. The Bertz CT molecular complexity index is 560. The quantitative estimate of drug-likeness (QED) is 0.815. The summed E-state index contributed by atoms with van der Waals surface area (Å²) in [4.78, 5) is 11.5. The van der Waals surface area contributed by atoms with Crippen LogP contribution in [0.15, 0.2) is 41.2 Å². The normalized spacial score (nSPS) is 10.5. The van der Waals surface area contributed by atoms with Crippen molar-refractivity contribution in [2.75, 3.05) is 5.33 Å². The van der Waals surface area contributed by atoms with E-state index in [9.17, 15) is 4.79 Å². The first kappa shape index (κ1) is 12.0. The van der Waals surface area contributed by atoms with Gasteiger partial charge in [-0.1, -0.05) is 45.8 Å². The number of aromatic nitrogens is 2. The predicted octanol–water partition coefficient (Wildman–Crippen LogP) is 2.61. The minimum Gasteiger partial charge on any atom is -0.268 e. The molecule has 2 aromatic rings. The highest BCUT2D eigenvalue weighted by molar-refractivity contribution is 9.09. The molecule has 0 amide bonds. The van der Waals surface area contributed by atoms with E-state index in [4.69, 9.17) is 0 Å². The van der Waals surface area contributed by atoms with Crippen molar-refractivity contribution in [3.8, 4) is 11.3 Å². The first-order valence-corrected chi connectivity index (χ1v) is 6.54. The molecule has 2 rings (SSSR count). The Balaban J connectivity index is 2.42. The summed E-state index contributed by atoms with van der Waals surface area (Å²) in [7, 11) is 0. The molecule has 0 radical (unpaired) electrons. The molecule has 0 aliphatic heterocycles. The van der Waals surface area contributed by atoms with Gasteiger partial charge in [0.25, 0.3) is 5.56 Å². The predicted molar refractivity (Wildman–Crippen MR) is 72.5 cm³/mol. The second-order valence-corrected chi connectivity index (χ2v) is 4.63. The van der Waals surface area contributed by atoms with Crippen molar-refractivity contribution in [1.29, 1.82) is 0 Å². The Kier molecular flexibility index (Phi) is 3.74. The maximum Gasteiger partial charge on any atom is 0.266 e. The Hall–Kier alpha value is -1.42. The fourth-order valence-corrected chi connectivity index (χ4v) is 1.90. The maximum absolute atomic E-state index is 11.5. The van der Waals surface area contributed by atoms with Crippen LogP contribution in [0.3, 0.4) is 0 Å². The SMILES string of the molecule is Cc1ccc(-c2ccc(=O)n(CCBr)n2)cc1. The molecule has 0 spiro atoms. The molecule has 88 valence electrons.